The number of rotatable bonds is 4. The van der Waals surface area contributed by atoms with Crippen LogP contribution in [0.3, 0.4) is 0 Å². The summed E-state index contributed by atoms with van der Waals surface area (Å²) in [6, 6.07) is 19.1. The third-order valence-electron chi connectivity index (χ3n) is 3.81. The second kappa shape index (κ2) is 9.95. The molecule has 29 heavy (non-hydrogen) atoms. The van der Waals surface area contributed by atoms with Crippen LogP contribution in [0.15, 0.2) is 65.7 Å². The minimum atomic E-state index is 0.405. The van der Waals surface area contributed by atoms with Gasteiger partial charge >= 0.3 is 0 Å². The van der Waals surface area contributed by atoms with Crippen LogP contribution in [0.4, 0.5) is 11.6 Å². The van der Waals surface area contributed by atoms with Gasteiger partial charge in [0, 0.05) is 22.1 Å². The molecule has 3 rings (SSSR count). The second-order valence-corrected chi connectivity index (χ2v) is 7.18. The van der Waals surface area contributed by atoms with Gasteiger partial charge in [-0.25, -0.2) is 15.0 Å². The molecule has 0 aliphatic carbocycles. The number of anilines is 2. The van der Waals surface area contributed by atoms with Crippen LogP contribution in [0.5, 0.6) is 0 Å². The fourth-order valence-corrected chi connectivity index (χ4v) is 2.89. The van der Waals surface area contributed by atoms with Crippen molar-refractivity contribution in [2.45, 2.75) is 20.4 Å². The second-order valence-electron chi connectivity index (χ2n) is 6.34. The van der Waals surface area contributed by atoms with Crippen molar-refractivity contribution in [1.82, 2.24) is 15.3 Å². The standard InChI is InChI=1S/C21H21ClN6S/c1-14-12-15(2)25-20(24-14)27-19(23-13-16-8-10-17(22)11-9-16)28-21(29)26-18-6-4-3-5-7-18/h3-12H,13H2,1-2H3,(H3,23,24,25,26,27,28,29). The molecule has 0 saturated carbocycles. The Morgan fingerprint density at radius 2 is 1.62 bits per heavy atom. The van der Waals surface area contributed by atoms with Crippen molar-refractivity contribution >= 4 is 46.5 Å². The molecule has 0 unspecified atom stereocenters. The number of hydrogen-bond donors (Lipinski definition) is 3. The first-order chi connectivity index (χ1) is 14.0. The Morgan fingerprint density at radius 1 is 0.966 bits per heavy atom. The lowest BCUT2D eigenvalue weighted by atomic mass is 10.2. The zero-order valence-corrected chi connectivity index (χ0v) is 17.7. The number of aromatic nitrogens is 2. The molecule has 1 heterocycles. The molecule has 0 radical (unpaired) electrons. The maximum atomic E-state index is 5.95. The van der Waals surface area contributed by atoms with Gasteiger partial charge in [-0.1, -0.05) is 41.9 Å². The third-order valence-corrected chi connectivity index (χ3v) is 4.27. The highest BCUT2D eigenvalue weighted by Crippen LogP contribution is 2.11. The predicted octanol–water partition coefficient (Wildman–Crippen LogP) is 4.70. The first-order valence-corrected chi connectivity index (χ1v) is 9.78. The average Bonchev–Trinajstić information content (AvgIpc) is 2.67. The van der Waals surface area contributed by atoms with Crippen molar-refractivity contribution in [2.24, 2.45) is 4.99 Å². The summed E-state index contributed by atoms with van der Waals surface area (Å²) in [6.45, 7) is 4.27. The highest BCUT2D eigenvalue weighted by Gasteiger charge is 2.07. The summed E-state index contributed by atoms with van der Waals surface area (Å²) in [5, 5.41) is 10.4. The smallest absolute Gasteiger partial charge is 0.229 e. The maximum Gasteiger partial charge on any atom is 0.229 e. The van der Waals surface area contributed by atoms with Gasteiger partial charge in [0.25, 0.3) is 0 Å². The largest absolute Gasteiger partial charge is 0.332 e. The Hall–Kier alpha value is -3.03. The summed E-state index contributed by atoms with van der Waals surface area (Å²) in [5.74, 6) is 0.894. The zero-order valence-electron chi connectivity index (χ0n) is 16.1. The van der Waals surface area contributed by atoms with Crippen LogP contribution in [-0.4, -0.2) is 21.0 Å². The monoisotopic (exact) mass is 424 g/mol. The number of aliphatic imine (C=N–C) groups is 1. The Bertz CT molecular complexity index is 985. The van der Waals surface area contributed by atoms with Gasteiger partial charge in [-0.3, -0.25) is 5.32 Å². The van der Waals surface area contributed by atoms with Gasteiger partial charge in [0.1, 0.15) is 0 Å². The van der Waals surface area contributed by atoms with E-state index in [1.54, 1.807) is 0 Å². The number of guanidine groups is 1. The molecule has 3 N–H and O–H groups in total. The van der Waals surface area contributed by atoms with Crippen LogP contribution < -0.4 is 16.0 Å². The molecule has 0 atom stereocenters. The fraction of sp³-hybridized carbons (Fsp3) is 0.143. The van der Waals surface area contributed by atoms with E-state index in [1.165, 1.54) is 0 Å². The zero-order chi connectivity index (χ0) is 20.6. The van der Waals surface area contributed by atoms with E-state index in [-0.39, 0.29) is 0 Å². The van der Waals surface area contributed by atoms with E-state index >= 15 is 0 Å². The van der Waals surface area contributed by atoms with E-state index in [1.807, 2.05) is 74.5 Å². The lowest BCUT2D eigenvalue weighted by Crippen LogP contribution is -2.39. The molecule has 148 valence electrons. The molecule has 2 aromatic carbocycles. The molecule has 1 aromatic heterocycles. The van der Waals surface area contributed by atoms with Gasteiger partial charge in [-0.05, 0) is 62.0 Å². The third kappa shape index (κ3) is 6.81. The van der Waals surface area contributed by atoms with Crippen molar-refractivity contribution in [1.29, 1.82) is 0 Å². The van der Waals surface area contributed by atoms with E-state index in [2.05, 4.69) is 30.9 Å². The van der Waals surface area contributed by atoms with Gasteiger partial charge in [0.05, 0.1) is 6.54 Å². The lowest BCUT2D eigenvalue weighted by Gasteiger charge is -2.14. The SMILES string of the molecule is Cc1cc(C)nc(NC(=NCc2ccc(Cl)cc2)NC(=S)Nc2ccccc2)n1. The molecule has 8 heteroatoms. The highest BCUT2D eigenvalue weighted by atomic mass is 35.5. The van der Waals surface area contributed by atoms with Crippen LogP contribution in [0.1, 0.15) is 17.0 Å². The molecule has 0 bridgehead atoms. The highest BCUT2D eigenvalue weighted by molar-refractivity contribution is 7.80. The van der Waals surface area contributed by atoms with Crippen LogP contribution in [0, 0.1) is 13.8 Å². The number of hydrogen-bond acceptors (Lipinski definition) is 4. The van der Waals surface area contributed by atoms with E-state index in [0.29, 0.717) is 28.6 Å². The van der Waals surface area contributed by atoms with Crippen molar-refractivity contribution in [3.63, 3.8) is 0 Å². The summed E-state index contributed by atoms with van der Waals surface area (Å²) in [7, 11) is 0. The lowest BCUT2D eigenvalue weighted by molar-refractivity contribution is 1.03. The molecular weight excluding hydrogens is 404 g/mol. The quantitative estimate of drug-likeness (QED) is 0.320. The maximum absolute atomic E-state index is 5.95. The Labute approximate surface area is 180 Å². The van der Waals surface area contributed by atoms with Gasteiger partial charge in [0.15, 0.2) is 5.11 Å². The van der Waals surface area contributed by atoms with Crippen molar-refractivity contribution < 1.29 is 0 Å². The Morgan fingerprint density at radius 3 is 2.28 bits per heavy atom. The molecule has 0 aliphatic rings. The van der Waals surface area contributed by atoms with Crippen molar-refractivity contribution in [2.75, 3.05) is 10.6 Å². The molecule has 0 saturated heterocycles. The van der Waals surface area contributed by atoms with E-state index in [0.717, 1.165) is 22.6 Å². The Kier molecular flexibility index (Phi) is 7.10. The van der Waals surface area contributed by atoms with Gasteiger partial charge in [0.2, 0.25) is 11.9 Å². The van der Waals surface area contributed by atoms with Gasteiger partial charge < -0.3 is 10.6 Å². The summed E-state index contributed by atoms with van der Waals surface area (Å²) >= 11 is 11.4. The number of para-hydroxylation sites is 1. The van der Waals surface area contributed by atoms with E-state index < -0.39 is 0 Å². The van der Waals surface area contributed by atoms with Crippen molar-refractivity contribution in [3.05, 3.63) is 82.6 Å². The predicted molar refractivity (Wildman–Crippen MR) is 124 cm³/mol. The number of nitrogens with zero attached hydrogens (tertiary/aromatic N) is 3. The number of nitrogens with one attached hydrogen (secondary N) is 3. The minimum absolute atomic E-state index is 0.405. The number of benzene rings is 2. The van der Waals surface area contributed by atoms with Crippen LogP contribution in [0.25, 0.3) is 0 Å². The topological polar surface area (TPSA) is 74.2 Å². The van der Waals surface area contributed by atoms with Gasteiger partial charge in [-0.15, -0.1) is 0 Å². The summed E-state index contributed by atoms with van der Waals surface area (Å²) in [4.78, 5) is 13.4. The molecule has 0 spiro atoms. The number of halogens is 1. The molecular formula is C21H21ClN6S. The number of aryl methyl sites for hydroxylation is 2. The van der Waals surface area contributed by atoms with Crippen LogP contribution in [-0.2, 0) is 6.54 Å². The van der Waals surface area contributed by atoms with Crippen LogP contribution >= 0.6 is 23.8 Å². The first kappa shape index (κ1) is 20.7. The summed E-state index contributed by atoms with van der Waals surface area (Å²) in [5.41, 5.74) is 3.62. The summed E-state index contributed by atoms with van der Waals surface area (Å²) < 4.78 is 0. The molecule has 0 fully saturated rings. The van der Waals surface area contributed by atoms with Crippen LogP contribution in [0.2, 0.25) is 5.02 Å². The van der Waals surface area contributed by atoms with Gasteiger partial charge in [-0.2, -0.15) is 0 Å². The normalized spacial score (nSPS) is 11.1. The Balaban J connectivity index is 1.76. The molecule has 0 aliphatic heterocycles. The summed E-state index contributed by atoms with van der Waals surface area (Å²) in [6.07, 6.45) is 0. The molecule has 6 nitrogen and oxygen atoms in total. The fourth-order valence-electron chi connectivity index (χ4n) is 2.55. The van der Waals surface area contributed by atoms with E-state index in [9.17, 15) is 0 Å². The average molecular weight is 425 g/mol. The first-order valence-electron chi connectivity index (χ1n) is 8.99. The van der Waals surface area contributed by atoms with Crippen molar-refractivity contribution in [3.8, 4) is 0 Å². The molecule has 3 aromatic rings. The van der Waals surface area contributed by atoms with E-state index in [4.69, 9.17) is 23.8 Å². The number of thiocarbonyl (C=S) groups is 1. The minimum Gasteiger partial charge on any atom is -0.332 e. The molecule has 0 amide bonds.